The number of aromatic nitrogens is 1. The van der Waals surface area contributed by atoms with Gasteiger partial charge >= 0.3 is 6.18 Å². The van der Waals surface area contributed by atoms with E-state index in [-0.39, 0.29) is 16.8 Å². The summed E-state index contributed by atoms with van der Waals surface area (Å²) >= 11 is 0. The van der Waals surface area contributed by atoms with Crippen LogP contribution in [0.5, 0.6) is 0 Å². The lowest BCUT2D eigenvalue weighted by Gasteiger charge is -2.11. The van der Waals surface area contributed by atoms with E-state index in [1.807, 2.05) is 0 Å². The van der Waals surface area contributed by atoms with Gasteiger partial charge in [0.1, 0.15) is 0 Å². The van der Waals surface area contributed by atoms with Crippen molar-refractivity contribution in [2.75, 3.05) is 5.43 Å². The Balaban J connectivity index is 1.70. The Kier molecular flexibility index (Phi) is 6.37. The summed E-state index contributed by atoms with van der Waals surface area (Å²) in [6.45, 7) is -0.512. The van der Waals surface area contributed by atoms with Gasteiger partial charge in [0.25, 0.3) is 11.5 Å². The first kappa shape index (κ1) is 22.7. The number of carbonyl (C=O) groups is 2. The monoisotopic (exact) mass is 451 g/mol. The maximum Gasteiger partial charge on any atom is 0.416 e. The number of hydrazine groups is 1. The van der Waals surface area contributed by atoms with Gasteiger partial charge in [0, 0.05) is 23.9 Å². The molecule has 0 unspecified atom stereocenters. The molecular formula is C21H14F5N3O3. The first-order chi connectivity index (χ1) is 15.0. The lowest BCUT2D eigenvalue weighted by Crippen LogP contribution is -2.31. The van der Waals surface area contributed by atoms with Crippen molar-refractivity contribution in [2.45, 2.75) is 12.7 Å². The van der Waals surface area contributed by atoms with Crippen molar-refractivity contribution in [1.82, 2.24) is 9.99 Å². The zero-order valence-corrected chi connectivity index (χ0v) is 16.0. The van der Waals surface area contributed by atoms with E-state index in [0.29, 0.717) is 0 Å². The number of nitrogens with zero attached hydrogens (tertiary/aromatic N) is 1. The van der Waals surface area contributed by atoms with E-state index in [1.165, 1.54) is 12.1 Å². The molecule has 3 aromatic rings. The average molecular weight is 451 g/mol. The summed E-state index contributed by atoms with van der Waals surface area (Å²) in [5.41, 5.74) is 3.05. The number of carbonyl (C=O) groups excluding carboxylic acids is 2. The standard InChI is InChI=1S/C21H14F5N3O3/c22-16-7-6-15(9-17(16)23)27-28-20(32)13-3-8-19(31)29(10-13)11-18(30)12-1-4-14(5-2-12)21(24,25)26/h1-10,27H,11H2,(H,28,32). The Hall–Kier alpha value is -4.02. The van der Waals surface area contributed by atoms with Crippen molar-refractivity contribution >= 4 is 17.4 Å². The van der Waals surface area contributed by atoms with E-state index in [2.05, 4.69) is 10.9 Å². The van der Waals surface area contributed by atoms with E-state index < -0.39 is 47.2 Å². The molecule has 1 aromatic heterocycles. The van der Waals surface area contributed by atoms with E-state index in [4.69, 9.17) is 0 Å². The first-order valence-corrected chi connectivity index (χ1v) is 8.97. The van der Waals surface area contributed by atoms with Gasteiger partial charge in [-0.2, -0.15) is 13.2 Å². The quantitative estimate of drug-likeness (QED) is 0.340. The highest BCUT2D eigenvalue weighted by Gasteiger charge is 2.30. The molecule has 0 saturated carbocycles. The molecule has 0 radical (unpaired) electrons. The Labute approximate surface area is 177 Å². The van der Waals surface area contributed by atoms with Gasteiger partial charge in [-0.25, -0.2) is 8.78 Å². The number of rotatable bonds is 6. The van der Waals surface area contributed by atoms with Gasteiger partial charge in [0.05, 0.1) is 23.4 Å². The zero-order valence-electron chi connectivity index (χ0n) is 16.0. The third-order valence-electron chi connectivity index (χ3n) is 4.33. The van der Waals surface area contributed by atoms with Gasteiger partial charge in [-0.05, 0) is 30.3 Å². The molecule has 2 N–H and O–H groups in total. The van der Waals surface area contributed by atoms with Crippen LogP contribution in [0.2, 0.25) is 0 Å². The molecule has 166 valence electrons. The molecule has 3 rings (SSSR count). The number of hydrogen-bond donors (Lipinski definition) is 2. The highest BCUT2D eigenvalue weighted by atomic mass is 19.4. The van der Waals surface area contributed by atoms with E-state index in [9.17, 15) is 36.3 Å². The van der Waals surface area contributed by atoms with Crippen molar-refractivity contribution in [3.63, 3.8) is 0 Å². The topological polar surface area (TPSA) is 80.2 Å². The Bertz CT molecular complexity index is 1220. The second kappa shape index (κ2) is 9.00. The fraction of sp³-hybridized carbons (Fsp3) is 0.0952. The third kappa shape index (κ3) is 5.36. The summed E-state index contributed by atoms with van der Waals surface area (Å²) in [7, 11) is 0. The Morgan fingerprint density at radius 1 is 0.875 bits per heavy atom. The second-order valence-corrected chi connectivity index (χ2v) is 6.59. The van der Waals surface area contributed by atoms with E-state index in [1.54, 1.807) is 0 Å². The Morgan fingerprint density at radius 3 is 2.16 bits per heavy atom. The second-order valence-electron chi connectivity index (χ2n) is 6.59. The van der Waals surface area contributed by atoms with Crippen molar-refractivity contribution in [3.8, 4) is 0 Å². The van der Waals surface area contributed by atoms with Crippen molar-refractivity contribution < 1.29 is 31.5 Å². The third-order valence-corrected chi connectivity index (χ3v) is 4.33. The van der Waals surface area contributed by atoms with Gasteiger partial charge in [0.2, 0.25) is 0 Å². The predicted molar refractivity (Wildman–Crippen MR) is 104 cm³/mol. The molecule has 0 fully saturated rings. The van der Waals surface area contributed by atoms with Crippen LogP contribution in [-0.4, -0.2) is 16.3 Å². The van der Waals surface area contributed by atoms with E-state index >= 15 is 0 Å². The van der Waals surface area contributed by atoms with Gasteiger partial charge in [-0.15, -0.1) is 0 Å². The fourth-order valence-electron chi connectivity index (χ4n) is 2.66. The molecule has 2 aromatic carbocycles. The number of anilines is 1. The molecule has 0 spiro atoms. The van der Waals surface area contributed by atoms with Crippen LogP contribution < -0.4 is 16.4 Å². The van der Waals surface area contributed by atoms with Gasteiger partial charge in [-0.3, -0.25) is 25.2 Å². The van der Waals surface area contributed by atoms with Crippen molar-refractivity contribution in [1.29, 1.82) is 0 Å². The first-order valence-electron chi connectivity index (χ1n) is 8.97. The zero-order chi connectivity index (χ0) is 23.5. The van der Waals surface area contributed by atoms with Gasteiger partial charge in [-0.1, -0.05) is 12.1 Å². The summed E-state index contributed by atoms with van der Waals surface area (Å²) in [5, 5.41) is 0. The summed E-state index contributed by atoms with van der Waals surface area (Å²) in [5.74, 6) is -3.57. The van der Waals surface area contributed by atoms with Crippen LogP contribution in [0.25, 0.3) is 0 Å². The molecule has 1 amide bonds. The number of halogens is 5. The lowest BCUT2D eigenvalue weighted by molar-refractivity contribution is -0.137. The molecule has 0 aliphatic rings. The summed E-state index contributed by atoms with van der Waals surface area (Å²) in [4.78, 5) is 36.7. The van der Waals surface area contributed by atoms with Crippen LogP contribution in [0, 0.1) is 11.6 Å². The highest BCUT2D eigenvalue weighted by Crippen LogP contribution is 2.29. The molecule has 1 heterocycles. The minimum absolute atomic E-state index is 0.0418. The van der Waals surface area contributed by atoms with Crippen LogP contribution in [0.15, 0.2) is 65.6 Å². The molecule has 0 bridgehead atoms. The minimum atomic E-state index is -4.55. The van der Waals surface area contributed by atoms with Crippen molar-refractivity contribution in [3.05, 3.63) is 99.5 Å². The summed E-state index contributed by atoms with van der Waals surface area (Å²) in [6, 6.07) is 8.58. The number of benzene rings is 2. The minimum Gasteiger partial charge on any atom is -0.307 e. The predicted octanol–water partition coefficient (Wildman–Crippen LogP) is 3.79. The molecule has 0 aliphatic carbocycles. The van der Waals surface area contributed by atoms with Crippen LogP contribution >= 0.6 is 0 Å². The largest absolute Gasteiger partial charge is 0.416 e. The van der Waals surface area contributed by atoms with Crippen LogP contribution in [-0.2, 0) is 12.7 Å². The molecule has 0 saturated heterocycles. The molecule has 11 heteroatoms. The van der Waals surface area contributed by atoms with E-state index in [0.717, 1.165) is 53.2 Å². The number of amides is 1. The normalized spacial score (nSPS) is 11.2. The average Bonchev–Trinajstić information content (AvgIpc) is 2.75. The van der Waals surface area contributed by atoms with Crippen LogP contribution in [0.4, 0.5) is 27.6 Å². The number of Topliss-reactive ketones (excluding diaryl/α,β-unsaturated/α-hetero) is 1. The lowest BCUT2D eigenvalue weighted by atomic mass is 10.1. The number of nitrogens with one attached hydrogen (secondary N) is 2. The van der Waals surface area contributed by atoms with Crippen molar-refractivity contribution in [2.24, 2.45) is 0 Å². The maximum atomic E-state index is 13.2. The molecular weight excluding hydrogens is 437 g/mol. The smallest absolute Gasteiger partial charge is 0.307 e. The number of alkyl halides is 3. The fourth-order valence-corrected chi connectivity index (χ4v) is 2.66. The SMILES string of the molecule is O=C(Cn1cc(C(=O)NNc2ccc(F)c(F)c2)ccc1=O)c1ccc(C(F)(F)F)cc1. The van der Waals surface area contributed by atoms with Crippen LogP contribution in [0.3, 0.4) is 0 Å². The maximum absolute atomic E-state index is 13.2. The summed E-state index contributed by atoms with van der Waals surface area (Å²) in [6.07, 6.45) is -3.46. The highest BCUT2D eigenvalue weighted by molar-refractivity contribution is 5.96. The number of pyridine rings is 1. The van der Waals surface area contributed by atoms with Gasteiger partial charge in [0.15, 0.2) is 17.4 Å². The van der Waals surface area contributed by atoms with Crippen LogP contribution in [0.1, 0.15) is 26.3 Å². The molecule has 32 heavy (non-hydrogen) atoms. The molecule has 6 nitrogen and oxygen atoms in total. The number of ketones is 1. The molecule has 0 atom stereocenters. The summed E-state index contributed by atoms with van der Waals surface area (Å²) < 4.78 is 65.0. The molecule has 0 aliphatic heterocycles. The van der Waals surface area contributed by atoms with Gasteiger partial charge < -0.3 is 4.57 Å². The Morgan fingerprint density at radius 2 is 1.53 bits per heavy atom. The number of hydrogen-bond acceptors (Lipinski definition) is 4.